The van der Waals surface area contributed by atoms with Crippen LogP contribution in [0.3, 0.4) is 0 Å². The molecule has 0 saturated carbocycles. The molecule has 112 valence electrons. The molecule has 2 N–H and O–H groups in total. The minimum absolute atomic E-state index is 0.673. The summed E-state index contributed by atoms with van der Waals surface area (Å²) < 4.78 is 0. The van der Waals surface area contributed by atoms with Crippen LogP contribution in [0, 0.1) is 12.8 Å². The van der Waals surface area contributed by atoms with Gasteiger partial charge in [0, 0.05) is 23.3 Å². The van der Waals surface area contributed by atoms with E-state index in [0.717, 1.165) is 40.9 Å². The fourth-order valence-electron chi connectivity index (χ4n) is 1.83. The standard InChI is InChI=1S/C16H21ClN4/c1-11(2)6-7-18-15-9-16(20-10-19-15)21-13-5-4-12(3)14(17)8-13/h4-5,8-11H,6-7H2,1-3H3,(H2,18,19,20,21). The molecular formula is C16H21ClN4. The Kier molecular flexibility index (Phi) is 5.39. The summed E-state index contributed by atoms with van der Waals surface area (Å²) in [4.78, 5) is 8.45. The maximum atomic E-state index is 6.12. The van der Waals surface area contributed by atoms with Crippen LogP contribution in [-0.2, 0) is 0 Å². The van der Waals surface area contributed by atoms with Gasteiger partial charge in [-0.15, -0.1) is 0 Å². The van der Waals surface area contributed by atoms with E-state index in [4.69, 9.17) is 11.6 Å². The lowest BCUT2D eigenvalue weighted by molar-refractivity contribution is 0.606. The lowest BCUT2D eigenvalue weighted by atomic mass is 10.1. The molecule has 21 heavy (non-hydrogen) atoms. The molecule has 2 aromatic rings. The number of rotatable bonds is 6. The average molecular weight is 305 g/mol. The second-order valence-corrected chi connectivity index (χ2v) is 5.89. The van der Waals surface area contributed by atoms with Crippen molar-refractivity contribution in [3.8, 4) is 0 Å². The number of hydrogen-bond acceptors (Lipinski definition) is 4. The Hall–Kier alpha value is -1.81. The van der Waals surface area contributed by atoms with Crippen LogP contribution in [0.4, 0.5) is 17.3 Å². The Bertz CT molecular complexity index is 599. The molecular weight excluding hydrogens is 284 g/mol. The highest BCUT2D eigenvalue weighted by atomic mass is 35.5. The van der Waals surface area contributed by atoms with Crippen LogP contribution in [-0.4, -0.2) is 16.5 Å². The van der Waals surface area contributed by atoms with Crippen molar-refractivity contribution in [2.24, 2.45) is 5.92 Å². The molecule has 0 unspecified atom stereocenters. The third-order valence-electron chi connectivity index (χ3n) is 3.14. The number of aromatic nitrogens is 2. The van der Waals surface area contributed by atoms with E-state index in [2.05, 4.69) is 34.4 Å². The van der Waals surface area contributed by atoms with E-state index in [-0.39, 0.29) is 0 Å². The Morgan fingerprint density at radius 3 is 2.62 bits per heavy atom. The molecule has 1 aromatic heterocycles. The molecule has 0 spiro atoms. The minimum Gasteiger partial charge on any atom is -0.370 e. The molecule has 0 fully saturated rings. The van der Waals surface area contributed by atoms with Crippen LogP contribution >= 0.6 is 11.6 Å². The van der Waals surface area contributed by atoms with Gasteiger partial charge < -0.3 is 10.6 Å². The summed E-state index contributed by atoms with van der Waals surface area (Å²) in [6, 6.07) is 7.75. The molecule has 0 bridgehead atoms. The van der Waals surface area contributed by atoms with E-state index in [1.807, 2.05) is 31.2 Å². The van der Waals surface area contributed by atoms with E-state index < -0.39 is 0 Å². The van der Waals surface area contributed by atoms with Crippen molar-refractivity contribution in [1.29, 1.82) is 0 Å². The monoisotopic (exact) mass is 304 g/mol. The van der Waals surface area contributed by atoms with Crippen LogP contribution in [0.25, 0.3) is 0 Å². The van der Waals surface area contributed by atoms with Crippen molar-refractivity contribution >= 4 is 28.9 Å². The Labute approximate surface area is 131 Å². The maximum Gasteiger partial charge on any atom is 0.135 e. The van der Waals surface area contributed by atoms with Crippen LogP contribution in [0.2, 0.25) is 5.02 Å². The molecule has 4 nitrogen and oxygen atoms in total. The van der Waals surface area contributed by atoms with E-state index in [1.54, 1.807) is 6.33 Å². The van der Waals surface area contributed by atoms with Gasteiger partial charge in [-0.1, -0.05) is 31.5 Å². The average Bonchev–Trinajstić information content (AvgIpc) is 2.43. The minimum atomic E-state index is 0.673. The van der Waals surface area contributed by atoms with E-state index >= 15 is 0 Å². The molecule has 0 amide bonds. The fraction of sp³-hybridized carbons (Fsp3) is 0.375. The van der Waals surface area contributed by atoms with Gasteiger partial charge in [0.15, 0.2) is 0 Å². The van der Waals surface area contributed by atoms with Gasteiger partial charge in [-0.05, 0) is 37.0 Å². The largest absolute Gasteiger partial charge is 0.370 e. The van der Waals surface area contributed by atoms with Crippen LogP contribution < -0.4 is 10.6 Å². The topological polar surface area (TPSA) is 49.8 Å². The summed E-state index contributed by atoms with van der Waals surface area (Å²) in [5, 5.41) is 7.28. The number of nitrogens with zero attached hydrogens (tertiary/aromatic N) is 2. The Morgan fingerprint density at radius 1 is 1.14 bits per heavy atom. The lowest BCUT2D eigenvalue weighted by Gasteiger charge is -2.10. The van der Waals surface area contributed by atoms with E-state index in [1.165, 1.54) is 0 Å². The van der Waals surface area contributed by atoms with Gasteiger partial charge in [-0.2, -0.15) is 0 Å². The van der Waals surface area contributed by atoms with Gasteiger partial charge in [-0.3, -0.25) is 0 Å². The summed E-state index contributed by atoms with van der Waals surface area (Å²) in [5.74, 6) is 2.25. The number of nitrogens with one attached hydrogen (secondary N) is 2. The summed E-state index contributed by atoms with van der Waals surface area (Å²) in [5.41, 5.74) is 1.97. The SMILES string of the molecule is Cc1ccc(Nc2cc(NCCC(C)C)ncn2)cc1Cl. The second kappa shape index (κ2) is 7.27. The van der Waals surface area contributed by atoms with Gasteiger partial charge in [0.25, 0.3) is 0 Å². The predicted octanol–water partition coefficient (Wildman–Crippen LogP) is 4.64. The van der Waals surface area contributed by atoms with Crippen LogP contribution in [0.1, 0.15) is 25.8 Å². The van der Waals surface area contributed by atoms with E-state index in [9.17, 15) is 0 Å². The normalized spacial score (nSPS) is 10.7. The smallest absolute Gasteiger partial charge is 0.135 e. The summed E-state index contributed by atoms with van der Waals surface area (Å²) in [6.45, 7) is 7.30. The zero-order chi connectivity index (χ0) is 15.2. The zero-order valence-corrected chi connectivity index (χ0v) is 13.4. The van der Waals surface area contributed by atoms with Gasteiger partial charge in [-0.25, -0.2) is 9.97 Å². The molecule has 1 aromatic carbocycles. The van der Waals surface area contributed by atoms with Crippen molar-refractivity contribution in [1.82, 2.24) is 9.97 Å². The van der Waals surface area contributed by atoms with Crippen molar-refractivity contribution < 1.29 is 0 Å². The lowest BCUT2D eigenvalue weighted by Crippen LogP contribution is -2.07. The van der Waals surface area contributed by atoms with E-state index in [0.29, 0.717) is 5.92 Å². The molecule has 0 aliphatic rings. The third-order valence-corrected chi connectivity index (χ3v) is 3.55. The van der Waals surface area contributed by atoms with Crippen molar-refractivity contribution in [2.45, 2.75) is 27.2 Å². The number of halogens is 1. The molecule has 2 rings (SSSR count). The van der Waals surface area contributed by atoms with Crippen molar-refractivity contribution in [3.63, 3.8) is 0 Å². The van der Waals surface area contributed by atoms with Crippen molar-refractivity contribution in [2.75, 3.05) is 17.2 Å². The number of hydrogen-bond donors (Lipinski definition) is 2. The fourth-order valence-corrected chi connectivity index (χ4v) is 2.01. The molecule has 5 heteroatoms. The third kappa shape index (κ3) is 4.90. The first-order valence-electron chi connectivity index (χ1n) is 7.13. The predicted molar refractivity (Wildman–Crippen MR) is 89.4 cm³/mol. The second-order valence-electron chi connectivity index (χ2n) is 5.49. The molecule has 0 atom stereocenters. The quantitative estimate of drug-likeness (QED) is 0.816. The summed E-state index contributed by atoms with van der Waals surface area (Å²) >= 11 is 6.12. The maximum absolute atomic E-state index is 6.12. The first kappa shape index (κ1) is 15.6. The molecule has 0 aliphatic carbocycles. The van der Waals surface area contributed by atoms with Crippen LogP contribution in [0.5, 0.6) is 0 Å². The van der Waals surface area contributed by atoms with Crippen LogP contribution in [0.15, 0.2) is 30.6 Å². The Morgan fingerprint density at radius 2 is 1.90 bits per heavy atom. The number of anilines is 3. The highest BCUT2D eigenvalue weighted by Gasteiger charge is 2.02. The first-order valence-corrected chi connectivity index (χ1v) is 7.51. The molecule has 0 saturated heterocycles. The summed E-state index contributed by atoms with van der Waals surface area (Å²) in [6.07, 6.45) is 2.66. The molecule has 0 radical (unpaired) electrons. The van der Waals surface area contributed by atoms with Gasteiger partial charge >= 0.3 is 0 Å². The number of aryl methyl sites for hydroxylation is 1. The van der Waals surface area contributed by atoms with Gasteiger partial charge in [0.05, 0.1) is 0 Å². The zero-order valence-electron chi connectivity index (χ0n) is 12.7. The highest BCUT2D eigenvalue weighted by molar-refractivity contribution is 6.31. The van der Waals surface area contributed by atoms with Gasteiger partial charge in [0.1, 0.15) is 18.0 Å². The highest BCUT2D eigenvalue weighted by Crippen LogP contribution is 2.22. The number of benzene rings is 1. The van der Waals surface area contributed by atoms with Gasteiger partial charge in [0.2, 0.25) is 0 Å². The molecule has 1 heterocycles. The Balaban J connectivity index is 2.01. The van der Waals surface area contributed by atoms with Crippen molar-refractivity contribution in [3.05, 3.63) is 41.2 Å². The summed E-state index contributed by atoms with van der Waals surface area (Å²) in [7, 11) is 0. The molecule has 0 aliphatic heterocycles. The first-order chi connectivity index (χ1) is 10.0.